The van der Waals surface area contributed by atoms with E-state index in [4.69, 9.17) is 9.47 Å². The third-order valence-corrected chi connectivity index (χ3v) is 12.4. The largest absolute Gasteiger partial charge is 0.456 e. The van der Waals surface area contributed by atoms with Crippen LogP contribution in [0.5, 0.6) is 0 Å². The maximum atomic E-state index is 13.0. The van der Waals surface area contributed by atoms with Crippen LogP contribution in [-0.2, 0) is 57.4 Å². The Hall–Kier alpha value is -4.42. The van der Waals surface area contributed by atoms with Crippen molar-refractivity contribution in [2.24, 2.45) is 11.8 Å². The molecule has 0 aliphatic carbocycles. The van der Waals surface area contributed by atoms with Crippen molar-refractivity contribution >= 4 is 106 Å². The van der Waals surface area contributed by atoms with Gasteiger partial charge in [-0.2, -0.15) is 25.3 Å². The molecule has 64 heavy (non-hydrogen) atoms. The van der Waals surface area contributed by atoms with E-state index in [-0.39, 0.29) is 36.2 Å². The lowest BCUT2D eigenvalue weighted by molar-refractivity contribution is -0.149. The Labute approximate surface area is 392 Å². The van der Waals surface area contributed by atoms with Gasteiger partial charge < -0.3 is 52.0 Å². The summed E-state index contributed by atoms with van der Waals surface area (Å²) in [5, 5.41) is 20.5. The van der Waals surface area contributed by atoms with Crippen molar-refractivity contribution in [2.45, 2.75) is 116 Å². The molecular weight excluding hydrogens is 913 g/mol. The van der Waals surface area contributed by atoms with Gasteiger partial charge >= 0.3 is 11.9 Å². The van der Waals surface area contributed by atoms with E-state index in [1.54, 1.807) is 45.9 Å². The fourth-order valence-electron chi connectivity index (χ4n) is 5.76. The molecule has 0 saturated carbocycles. The molecule has 20 nitrogen and oxygen atoms in total. The van der Waals surface area contributed by atoms with Crippen molar-refractivity contribution in [3.63, 3.8) is 0 Å². The molecule has 3 aliphatic rings. The first-order chi connectivity index (χ1) is 30.2. The number of ether oxygens (including phenoxy) is 2. The highest BCUT2D eigenvalue weighted by Gasteiger charge is 2.33. The normalized spacial score (nSPS) is 28.6. The van der Waals surface area contributed by atoms with Gasteiger partial charge in [0.15, 0.2) is 0 Å². The number of hydrogen-bond acceptors (Lipinski definition) is 16. The Morgan fingerprint density at radius 1 is 0.672 bits per heavy atom. The number of cyclic esters (lactones) is 1. The van der Waals surface area contributed by atoms with Gasteiger partial charge in [-0.3, -0.25) is 47.9 Å². The van der Waals surface area contributed by atoms with Crippen LogP contribution in [0.2, 0.25) is 0 Å². The van der Waals surface area contributed by atoms with Gasteiger partial charge in [-0.25, -0.2) is 0 Å². The summed E-state index contributed by atoms with van der Waals surface area (Å²) < 4.78 is 10.7. The lowest BCUT2D eigenvalue weighted by atomic mass is 10.0. The topological polar surface area (TPSA) is 285 Å². The quantitative estimate of drug-likeness (QED) is 0.0679. The average molecular weight is 975 g/mol. The number of carbonyl (C=O) groups excluding carboxylic acids is 10. The first kappa shape index (κ1) is 55.7. The van der Waals surface area contributed by atoms with Gasteiger partial charge in [0.1, 0.15) is 61.5 Å². The number of hydrogen-bond donors (Lipinski definition) is 10. The molecule has 0 aromatic carbocycles. The summed E-state index contributed by atoms with van der Waals surface area (Å²) >= 11 is 8.21. The molecule has 24 heteroatoms. The van der Waals surface area contributed by atoms with E-state index in [0.29, 0.717) is 18.6 Å². The van der Waals surface area contributed by atoms with E-state index in [0.717, 1.165) is 5.75 Å². The Morgan fingerprint density at radius 3 is 1.78 bits per heavy atom. The van der Waals surface area contributed by atoms with E-state index >= 15 is 0 Å². The lowest BCUT2D eigenvalue weighted by Crippen LogP contribution is -2.58. The number of nitrogens with one attached hydrogen (secondary N) is 8. The molecule has 0 spiro atoms. The Kier molecular flexibility index (Phi) is 25.4. The molecule has 0 aromatic rings. The van der Waals surface area contributed by atoms with Crippen molar-refractivity contribution in [1.29, 1.82) is 0 Å². The maximum Gasteiger partial charge on any atom is 0.326 e. The van der Waals surface area contributed by atoms with Gasteiger partial charge in [0.05, 0.1) is 12.8 Å². The molecular formula is C40H62N8O12S4. The minimum Gasteiger partial charge on any atom is -0.456 e. The molecule has 0 radical (unpaired) electrons. The molecule has 2 bridgehead atoms. The Bertz CT molecular complexity index is 1730. The van der Waals surface area contributed by atoms with E-state index in [9.17, 15) is 47.9 Å². The second-order valence-electron chi connectivity index (χ2n) is 15.5. The van der Waals surface area contributed by atoms with Crippen LogP contribution in [0, 0.1) is 11.8 Å². The smallest absolute Gasteiger partial charge is 0.326 e. The summed E-state index contributed by atoms with van der Waals surface area (Å²) in [6.45, 7) is 9.13. The Morgan fingerprint density at radius 2 is 1.22 bits per heavy atom. The van der Waals surface area contributed by atoms with Gasteiger partial charge in [0.2, 0.25) is 47.3 Å². The van der Waals surface area contributed by atoms with Gasteiger partial charge in [-0.05, 0) is 56.4 Å². The van der Waals surface area contributed by atoms with Crippen LogP contribution in [0.15, 0.2) is 24.3 Å². The number of amides is 8. The zero-order chi connectivity index (χ0) is 47.9. The van der Waals surface area contributed by atoms with E-state index < -0.39 is 121 Å². The van der Waals surface area contributed by atoms with Crippen molar-refractivity contribution in [3.05, 3.63) is 24.3 Å². The van der Waals surface area contributed by atoms with Crippen molar-refractivity contribution in [2.75, 3.05) is 36.1 Å². The minimum atomic E-state index is -1.02. The lowest BCUT2D eigenvalue weighted by Gasteiger charge is -2.26. The zero-order valence-corrected chi connectivity index (χ0v) is 40.2. The number of rotatable bonds is 6. The van der Waals surface area contributed by atoms with Gasteiger partial charge in [-0.1, -0.05) is 61.4 Å². The highest BCUT2D eigenvalue weighted by Crippen LogP contribution is 2.23. The summed E-state index contributed by atoms with van der Waals surface area (Å²) in [5.74, 6) is -4.80. The SMILES string of the molecule is CC(C)[C@H]1NC(=O)[C@@H](CS)NC(=O)[C@@H](C)NC(=O)C[C@@H](/C=C/CCS)OC(=O)CNC1=O.CC(C)[C@H]1NC(=O)[C@H]2CSSCC/C=C/[C@H](CC(=O)N[C@H](C)C(=O)N2)OC(=O)CNC1=O. The fourth-order valence-corrected chi connectivity index (χ4v) is 8.33. The molecule has 3 rings (SSSR count). The first-order valence-corrected chi connectivity index (χ1v) is 24.5. The highest BCUT2D eigenvalue weighted by molar-refractivity contribution is 8.76. The molecule has 8 atom stereocenters. The van der Waals surface area contributed by atoms with Crippen LogP contribution in [0.1, 0.15) is 67.2 Å². The molecule has 3 heterocycles. The van der Waals surface area contributed by atoms with Crippen molar-refractivity contribution in [1.82, 2.24) is 42.5 Å². The predicted molar refractivity (Wildman–Crippen MR) is 248 cm³/mol. The molecule has 3 aliphatic heterocycles. The molecule has 2 saturated heterocycles. The Balaban J connectivity index is 0.000000440. The fraction of sp³-hybridized carbons (Fsp3) is 0.650. The van der Waals surface area contributed by atoms with Gasteiger partial charge in [0.25, 0.3) is 0 Å². The van der Waals surface area contributed by atoms with E-state index in [1.807, 2.05) is 6.08 Å². The number of thiol groups is 2. The zero-order valence-electron chi connectivity index (χ0n) is 36.8. The van der Waals surface area contributed by atoms with Crippen LogP contribution in [0.3, 0.4) is 0 Å². The maximum absolute atomic E-state index is 13.0. The van der Waals surface area contributed by atoms with Gasteiger partial charge in [0, 0.05) is 17.3 Å². The molecule has 0 aromatic heterocycles. The predicted octanol–water partition coefficient (Wildman–Crippen LogP) is -0.756. The van der Waals surface area contributed by atoms with Crippen LogP contribution in [0.4, 0.5) is 0 Å². The molecule has 2 fully saturated rings. The molecule has 0 unspecified atom stereocenters. The number of fused-ring (bicyclic) bond motifs is 7. The minimum absolute atomic E-state index is 0.0188. The summed E-state index contributed by atoms with van der Waals surface area (Å²) in [4.78, 5) is 125. The average Bonchev–Trinajstić information content (AvgIpc) is 3.22. The molecule has 358 valence electrons. The second-order valence-corrected chi connectivity index (χ2v) is 18.9. The van der Waals surface area contributed by atoms with Crippen LogP contribution >= 0.6 is 46.8 Å². The summed E-state index contributed by atoms with van der Waals surface area (Å²) in [5.41, 5.74) is 0. The standard InChI is InChI=1S/C20H30N4O6S2.C20H32N4O6S2/c1-11(2)17-20(29)21-9-16(26)30-13-6-4-5-7-31-32-10-14(19(28)24-17)23-18(27)12(3)22-15(25)8-13;1-11(2)17-20(29)21-9-16(26)30-13(6-4-5-7-31)8-15(25)22-12(3)18(27)23-14(10-32)19(28)24-17/h4,6,11-14,17H,5,7-10H2,1-3H3,(H,21,29)(H,22,25)(H,23,27)(H,24,28);4,6,11-14,17,31-32H,5,7-10H2,1-3H3,(H,21,29)(H,22,25)(H,23,27)(H,24,28)/b2*6-4+/t2*12-,13-,14-,17-/m11/s1. The molecule has 8 N–H and O–H groups in total. The van der Waals surface area contributed by atoms with Crippen molar-refractivity contribution in [3.8, 4) is 0 Å². The van der Waals surface area contributed by atoms with Crippen LogP contribution < -0.4 is 42.5 Å². The van der Waals surface area contributed by atoms with E-state index in [1.165, 1.54) is 35.4 Å². The van der Waals surface area contributed by atoms with E-state index in [2.05, 4.69) is 67.8 Å². The third kappa shape index (κ3) is 20.6. The van der Waals surface area contributed by atoms with Crippen molar-refractivity contribution < 1.29 is 57.4 Å². The molecule has 8 amide bonds. The monoisotopic (exact) mass is 974 g/mol. The third-order valence-electron chi connectivity index (χ3n) is 9.32. The number of allylic oxidation sites excluding steroid dienone is 2. The number of esters is 2. The second kappa shape index (κ2) is 29.2. The highest BCUT2D eigenvalue weighted by atomic mass is 33.1. The van der Waals surface area contributed by atoms with Gasteiger partial charge in [-0.15, -0.1) is 0 Å². The summed E-state index contributed by atoms with van der Waals surface area (Å²) in [6.07, 6.45) is 5.92. The van der Waals surface area contributed by atoms with Crippen LogP contribution in [-0.4, -0.2) is 144 Å². The first-order valence-electron chi connectivity index (χ1n) is 20.8. The number of carbonyl (C=O) groups is 10. The summed E-state index contributed by atoms with van der Waals surface area (Å²) in [6, 6.07) is -5.62. The summed E-state index contributed by atoms with van der Waals surface area (Å²) in [7, 11) is 2.96. The van der Waals surface area contributed by atoms with Crippen LogP contribution in [0.25, 0.3) is 0 Å².